The van der Waals surface area contributed by atoms with Gasteiger partial charge >= 0.3 is 0 Å². The number of rotatable bonds is 5. The van der Waals surface area contributed by atoms with Crippen molar-refractivity contribution >= 4 is 11.5 Å². The second-order valence-corrected chi connectivity index (χ2v) is 6.20. The molecule has 0 N–H and O–H groups in total. The topological polar surface area (TPSA) is 29.5 Å². The summed E-state index contributed by atoms with van der Waals surface area (Å²) in [5.41, 5.74) is 3.16. The lowest BCUT2D eigenvalue weighted by molar-refractivity contribution is 0.101. The Morgan fingerprint density at radius 2 is 2.00 bits per heavy atom. The number of benzene rings is 2. The highest BCUT2D eigenvalue weighted by Gasteiger charge is 2.23. The molecule has 2 aromatic rings. The number of ether oxygens (including phenoxy) is 1. The minimum atomic E-state index is 0.0932. The maximum Gasteiger partial charge on any atom is 0.159 e. The fourth-order valence-electron chi connectivity index (χ4n) is 3.08. The maximum atomic E-state index is 11.6. The predicted molar refractivity (Wildman–Crippen MR) is 93.5 cm³/mol. The highest BCUT2D eigenvalue weighted by Crippen LogP contribution is 2.34. The number of hydrogen-bond donors (Lipinski definition) is 0. The third-order valence-corrected chi connectivity index (χ3v) is 4.25. The molecule has 0 aromatic heterocycles. The molecule has 1 aliphatic heterocycles. The molecule has 1 aliphatic rings. The van der Waals surface area contributed by atoms with E-state index in [4.69, 9.17) is 4.74 Å². The zero-order valence-corrected chi connectivity index (χ0v) is 13.8. The first-order valence-electron chi connectivity index (χ1n) is 8.24. The zero-order valence-electron chi connectivity index (χ0n) is 13.8. The second-order valence-electron chi connectivity index (χ2n) is 6.20. The quantitative estimate of drug-likeness (QED) is 0.779. The number of carbonyl (C=O) groups excluding carboxylic acids is 1. The van der Waals surface area contributed by atoms with E-state index in [9.17, 15) is 4.79 Å². The van der Waals surface area contributed by atoms with Gasteiger partial charge < -0.3 is 9.64 Å². The van der Waals surface area contributed by atoms with Crippen molar-refractivity contribution in [3.63, 3.8) is 0 Å². The number of nitrogens with zero attached hydrogens (tertiary/aromatic N) is 1. The highest BCUT2D eigenvalue weighted by atomic mass is 16.5. The first kappa shape index (κ1) is 15.6. The molecule has 0 saturated carbocycles. The molecular formula is C20H23NO2. The van der Waals surface area contributed by atoms with Gasteiger partial charge in [0.1, 0.15) is 11.9 Å². The average Bonchev–Trinajstić information content (AvgIpc) is 2.55. The molecule has 23 heavy (non-hydrogen) atoms. The minimum absolute atomic E-state index is 0.0932. The molecule has 0 saturated heterocycles. The van der Waals surface area contributed by atoms with Crippen LogP contribution in [-0.2, 0) is 6.42 Å². The number of anilines is 1. The van der Waals surface area contributed by atoms with Gasteiger partial charge in [0, 0.05) is 12.1 Å². The molecule has 3 nitrogen and oxygen atoms in total. The molecule has 1 unspecified atom stereocenters. The number of hydrogen-bond acceptors (Lipinski definition) is 3. The van der Waals surface area contributed by atoms with E-state index >= 15 is 0 Å². The highest BCUT2D eigenvalue weighted by molar-refractivity contribution is 5.95. The summed E-state index contributed by atoms with van der Waals surface area (Å²) in [5, 5.41) is 0. The zero-order chi connectivity index (χ0) is 16.2. The van der Waals surface area contributed by atoms with Crippen LogP contribution in [-0.4, -0.2) is 25.0 Å². The lowest BCUT2D eigenvalue weighted by atomic mass is 10.1. The van der Waals surface area contributed by atoms with Crippen molar-refractivity contribution in [2.24, 2.45) is 0 Å². The summed E-state index contributed by atoms with van der Waals surface area (Å²) in [6.45, 7) is 5.53. The molecule has 2 aromatic carbocycles. The number of Topliss-reactive ketones (excluding diaryl/α,β-unsaturated/α-hetero) is 1. The summed E-state index contributed by atoms with van der Waals surface area (Å²) in [7, 11) is 0. The van der Waals surface area contributed by atoms with Gasteiger partial charge in [-0.2, -0.15) is 0 Å². The van der Waals surface area contributed by atoms with Crippen molar-refractivity contribution in [1.29, 1.82) is 0 Å². The van der Waals surface area contributed by atoms with Crippen LogP contribution in [0.15, 0.2) is 48.5 Å². The largest absolute Gasteiger partial charge is 0.487 e. The molecule has 0 fully saturated rings. The lowest BCUT2D eigenvalue weighted by Crippen LogP contribution is -2.39. The molecular weight excluding hydrogens is 286 g/mol. The molecule has 1 heterocycles. The summed E-state index contributed by atoms with van der Waals surface area (Å²) in [5.74, 6) is 0.976. The first-order chi connectivity index (χ1) is 11.1. The van der Waals surface area contributed by atoms with E-state index in [-0.39, 0.29) is 11.9 Å². The number of carbonyl (C=O) groups is 1. The van der Waals surface area contributed by atoms with Crippen molar-refractivity contribution in [2.75, 3.05) is 18.0 Å². The van der Waals surface area contributed by atoms with E-state index < -0.39 is 0 Å². The molecule has 0 bridgehead atoms. The van der Waals surface area contributed by atoms with Crippen LogP contribution < -0.4 is 9.64 Å². The van der Waals surface area contributed by atoms with Crippen LogP contribution in [0.4, 0.5) is 5.69 Å². The van der Waals surface area contributed by atoms with Crippen molar-refractivity contribution in [3.05, 3.63) is 59.7 Å². The van der Waals surface area contributed by atoms with Gasteiger partial charge in [-0.05, 0) is 50.5 Å². The first-order valence-corrected chi connectivity index (χ1v) is 8.24. The SMILES string of the molecule is CC(=O)c1ccc2c(c1)N(CCCc1ccccc1)CC(C)O2. The predicted octanol–water partition coefficient (Wildman–Crippen LogP) is 4.11. The van der Waals surface area contributed by atoms with Gasteiger partial charge in [-0.25, -0.2) is 0 Å². The Hall–Kier alpha value is -2.29. The summed E-state index contributed by atoms with van der Waals surface area (Å²) in [6, 6.07) is 16.3. The fourth-order valence-corrected chi connectivity index (χ4v) is 3.08. The summed E-state index contributed by atoms with van der Waals surface area (Å²) in [4.78, 5) is 14.0. The van der Waals surface area contributed by atoms with E-state index in [1.54, 1.807) is 6.92 Å². The average molecular weight is 309 g/mol. The van der Waals surface area contributed by atoms with Gasteiger partial charge in [0.25, 0.3) is 0 Å². The van der Waals surface area contributed by atoms with Crippen LogP contribution in [0.5, 0.6) is 5.75 Å². The van der Waals surface area contributed by atoms with Gasteiger partial charge in [0.15, 0.2) is 5.78 Å². The van der Waals surface area contributed by atoms with Gasteiger partial charge in [-0.15, -0.1) is 0 Å². The Balaban J connectivity index is 1.72. The Bertz CT molecular complexity index is 681. The summed E-state index contributed by atoms with van der Waals surface area (Å²) >= 11 is 0. The third kappa shape index (κ3) is 3.73. The van der Waals surface area contributed by atoms with Crippen LogP contribution in [0.3, 0.4) is 0 Å². The Kier molecular flexibility index (Phi) is 4.65. The van der Waals surface area contributed by atoms with E-state index in [1.807, 2.05) is 24.3 Å². The standard InChI is InChI=1S/C20H23NO2/c1-15-14-21(12-6-9-17-7-4-3-5-8-17)19-13-18(16(2)22)10-11-20(19)23-15/h3-5,7-8,10-11,13,15H,6,9,12,14H2,1-2H3. The number of fused-ring (bicyclic) bond motifs is 1. The van der Waals surface area contributed by atoms with E-state index in [0.29, 0.717) is 0 Å². The lowest BCUT2D eigenvalue weighted by Gasteiger charge is -2.35. The van der Waals surface area contributed by atoms with Gasteiger partial charge in [0.2, 0.25) is 0 Å². The van der Waals surface area contributed by atoms with E-state index in [1.165, 1.54) is 5.56 Å². The van der Waals surface area contributed by atoms with Crippen LogP contribution in [0.2, 0.25) is 0 Å². The van der Waals surface area contributed by atoms with Crippen LogP contribution in [0, 0.1) is 0 Å². The summed E-state index contributed by atoms with van der Waals surface area (Å²) < 4.78 is 5.91. The molecule has 3 heteroatoms. The third-order valence-electron chi connectivity index (χ3n) is 4.25. The number of ketones is 1. The minimum Gasteiger partial charge on any atom is -0.487 e. The van der Waals surface area contributed by atoms with Gasteiger partial charge in [-0.3, -0.25) is 4.79 Å². The van der Waals surface area contributed by atoms with Crippen LogP contribution in [0.1, 0.15) is 36.2 Å². The van der Waals surface area contributed by atoms with E-state index in [0.717, 1.165) is 42.9 Å². The second kappa shape index (κ2) is 6.86. The van der Waals surface area contributed by atoms with Crippen molar-refractivity contribution in [1.82, 2.24) is 0 Å². The molecule has 1 atom stereocenters. The Morgan fingerprint density at radius 3 is 2.74 bits per heavy atom. The van der Waals surface area contributed by atoms with Crippen molar-refractivity contribution in [2.45, 2.75) is 32.8 Å². The molecule has 120 valence electrons. The van der Waals surface area contributed by atoms with Gasteiger partial charge in [-0.1, -0.05) is 30.3 Å². The number of aryl methyl sites for hydroxylation is 1. The monoisotopic (exact) mass is 309 g/mol. The van der Waals surface area contributed by atoms with Crippen molar-refractivity contribution < 1.29 is 9.53 Å². The molecule has 3 rings (SSSR count). The normalized spacial score (nSPS) is 16.6. The van der Waals surface area contributed by atoms with E-state index in [2.05, 4.69) is 36.1 Å². The van der Waals surface area contributed by atoms with Crippen LogP contribution in [0.25, 0.3) is 0 Å². The summed E-state index contributed by atoms with van der Waals surface area (Å²) in [6.07, 6.45) is 2.32. The molecule has 0 radical (unpaired) electrons. The smallest absolute Gasteiger partial charge is 0.159 e. The molecule has 0 spiro atoms. The van der Waals surface area contributed by atoms with Crippen molar-refractivity contribution in [3.8, 4) is 5.75 Å². The Labute approximate surface area is 137 Å². The Morgan fingerprint density at radius 1 is 1.22 bits per heavy atom. The van der Waals surface area contributed by atoms with Crippen LogP contribution >= 0.6 is 0 Å². The van der Waals surface area contributed by atoms with Gasteiger partial charge in [0.05, 0.1) is 12.2 Å². The molecule has 0 aliphatic carbocycles. The fraction of sp³-hybridized carbons (Fsp3) is 0.350. The maximum absolute atomic E-state index is 11.6. The molecule has 0 amide bonds.